The Morgan fingerprint density at radius 1 is 1.24 bits per heavy atom. The molecule has 5 nitrogen and oxygen atoms in total. The average Bonchev–Trinajstić information content (AvgIpc) is 2.35. The summed E-state index contributed by atoms with van der Waals surface area (Å²) >= 11 is 0. The molecule has 0 aromatic heterocycles. The van der Waals surface area contributed by atoms with E-state index >= 15 is 0 Å². The number of nitrogens with one attached hydrogen (secondary N) is 1. The largest absolute Gasteiger partial charge is 0.463 e. The lowest BCUT2D eigenvalue weighted by atomic mass is 10.1. The molecule has 1 rings (SSSR count). The zero-order chi connectivity index (χ0) is 16.4. The van der Waals surface area contributed by atoms with Crippen LogP contribution in [0.15, 0.2) is 0 Å². The van der Waals surface area contributed by atoms with Crippen molar-refractivity contribution in [3.63, 3.8) is 0 Å². The van der Waals surface area contributed by atoms with Crippen molar-refractivity contribution in [3.8, 4) is 0 Å². The van der Waals surface area contributed by atoms with Crippen LogP contribution in [0.5, 0.6) is 0 Å². The zero-order valence-corrected chi connectivity index (χ0v) is 11.3. The van der Waals surface area contributed by atoms with E-state index in [2.05, 4.69) is 5.32 Å². The van der Waals surface area contributed by atoms with Crippen LogP contribution in [0.4, 0.5) is 22.0 Å². The maximum atomic E-state index is 13.1. The van der Waals surface area contributed by atoms with Crippen LogP contribution in [0.2, 0.25) is 0 Å². The third kappa shape index (κ3) is 3.80. The molecule has 1 aliphatic rings. The number of ether oxygens (including phenoxy) is 1. The van der Waals surface area contributed by atoms with Gasteiger partial charge >= 0.3 is 18.0 Å². The van der Waals surface area contributed by atoms with E-state index in [0.717, 1.165) is 0 Å². The molecule has 1 saturated heterocycles. The van der Waals surface area contributed by atoms with E-state index < -0.39 is 43.1 Å². The Balaban J connectivity index is 2.96. The normalized spacial score (nSPS) is 20.6. The fraction of sp³-hybridized carbons (Fsp3) is 0.818. The van der Waals surface area contributed by atoms with Crippen LogP contribution >= 0.6 is 0 Å². The minimum atomic E-state index is -6.01. The van der Waals surface area contributed by atoms with E-state index in [1.165, 1.54) is 0 Å². The highest BCUT2D eigenvalue weighted by Gasteiger charge is 2.65. The number of morpholine rings is 1. The molecular weight excluding hydrogens is 303 g/mol. The van der Waals surface area contributed by atoms with Gasteiger partial charge in [-0.2, -0.15) is 22.0 Å². The van der Waals surface area contributed by atoms with Crippen LogP contribution < -0.4 is 5.32 Å². The van der Waals surface area contributed by atoms with Crippen molar-refractivity contribution in [2.45, 2.75) is 38.0 Å². The van der Waals surface area contributed by atoms with Crippen molar-refractivity contribution >= 4 is 11.8 Å². The Morgan fingerprint density at radius 2 is 1.81 bits per heavy atom. The number of amides is 2. The molecular formula is C11H15F5N2O3. The lowest BCUT2D eigenvalue weighted by Gasteiger charge is -2.36. The van der Waals surface area contributed by atoms with Crippen LogP contribution in [0.3, 0.4) is 0 Å². The third-order valence-corrected chi connectivity index (χ3v) is 2.75. The van der Waals surface area contributed by atoms with E-state index in [-0.39, 0.29) is 17.5 Å². The van der Waals surface area contributed by atoms with Crippen LogP contribution in [0.1, 0.15) is 13.8 Å². The Bertz CT molecular complexity index is 411. The van der Waals surface area contributed by atoms with Crippen LogP contribution in [0.25, 0.3) is 0 Å². The first-order valence-electron chi connectivity index (χ1n) is 6.12. The van der Waals surface area contributed by atoms with Gasteiger partial charge in [-0.25, -0.2) is 0 Å². The zero-order valence-electron chi connectivity index (χ0n) is 11.3. The van der Waals surface area contributed by atoms with Crippen molar-refractivity contribution in [1.29, 1.82) is 0 Å². The fourth-order valence-corrected chi connectivity index (χ4v) is 1.75. The third-order valence-electron chi connectivity index (χ3n) is 2.75. The van der Waals surface area contributed by atoms with Gasteiger partial charge in [0.1, 0.15) is 6.04 Å². The maximum Gasteiger partial charge on any atom is 0.463 e. The molecule has 10 heteroatoms. The molecule has 0 bridgehead atoms. The number of carbonyl (C=O) groups is 2. The summed E-state index contributed by atoms with van der Waals surface area (Å²) < 4.78 is 67.9. The highest BCUT2D eigenvalue weighted by atomic mass is 19.4. The van der Waals surface area contributed by atoms with Crippen LogP contribution in [0, 0.1) is 0 Å². The summed E-state index contributed by atoms with van der Waals surface area (Å²) in [5.41, 5.74) is 0. The summed E-state index contributed by atoms with van der Waals surface area (Å²) in [7, 11) is 0. The van der Waals surface area contributed by atoms with E-state index in [1.54, 1.807) is 13.8 Å². The fourth-order valence-electron chi connectivity index (χ4n) is 1.75. The molecule has 0 aromatic rings. The van der Waals surface area contributed by atoms with Crippen molar-refractivity contribution < 1.29 is 36.3 Å². The number of hydrogen-bond donors (Lipinski definition) is 1. The maximum absolute atomic E-state index is 13.1. The number of halogens is 5. The van der Waals surface area contributed by atoms with Gasteiger partial charge in [0.05, 0.1) is 13.2 Å². The Kier molecular flexibility index (Phi) is 5.13. The Labute approximate surface area is 117 Å². The van der Waals surface area contributed by atoms with E-state index in [0.29, 0.717) is 0 Å². The molecule has 0 aromatic carbocycles. The SMILES string of the molecule is CC(C)NC(=O)C1COCCN1C(=O)C(F)(F)C(F)(F)F. The molecule has 21 heavy (non-hydrogen) atoms. The predicted octanol–water partition coefficient (Wildman–Crippen LogP) is 0.936. The van der Waals surface area contributed by atoms with Gasteiger partial charge in [0.25, 0.3) is 0 Å². The quantitative estimate of drug-likeness (QED) is 0.788. The second-order valence-corrected chi connectivity index (χ2v) is 4.82. The topological polar surface area (TPSA) is 58.6 Å². The summed E-state index contributed by atoms with van der Waals surface area (Å²) in [5, 5.41) is 2.35. The summed E-state index contributed by atoms with van der Waals surface area (Å²) in [6.45, 7) is 2.00. The molecule has 1 heterocycles. The van der Waals surface area contributed by atoms with Gasteiger partial charge in [0, 0.05) is 12.6 Å². The lowest BCUT2D eigenvalue weighted by molar-refractivity contribution is -0.276. The second-order valence-electron chi connectivity index (χ2n) is 4.82. The predicted molar refractivity (Wildman–Crippen MR) is 60.6 cm³/mol. The number of carbonyl (C=O) groups excluding carboxylic acids is 2. The lowest BCUT2D eigenvalue weighted by Crippen LogP contribution is -2.62. The van der Waals surface area contributed by atoms with Gasteiger partial charge < -0.3 is 15.0 Å². The number of alkyl halides is 5. The molecule has 0 saturated carbocycles. The molecule has 0 radical (unpaired) electrons. The van der Waals surface area contributed by atoms with E-state index in [9.17, 15) is 31.5 Å². The molecule has 0 spiro atoms. The molecule has 2 amide bonds. The first kappa shape index (κ1) is 17.6. The molecule has 1 unspecified atom stereocenters. The van der Waals surface area contributed by atoms with Crippen LogP contribution in [-0.4, -0.2) is 60.7 Å². The minimum Gasteiger partial charge on any atom is -0.377 e. The van der Waals surface area contributed by atoms with Crippen molar-refractivity contribution in [2.75, 3.05) is 19.8 Å². The molecule has 0 aliphatic carbocycles. The molecule has 1 aliphatic heterocycles. The Hall–Kier alpha value is -1.45. The minimum absolute atomic E-state index is 0.217. The standard InChI is InChI=1S/C11H15F5N2O3/c1-6(2)17-8(19)7-5-21-4-3-18(7)9(20)10(12,13)11(14,15)16/h6-7H,3-5H2,1-2H3,(H,17,19). The van der Waals surface area contributed by atoms with E-state index in [1.807, 2.05) is 0 Å². The first-order chi connectivity index (χ1) is 9.48. The highest BCUT2D eigenvalue weighted by molar-refractivity contribution is 5.91. The van der Waals surface area contributed by atoms with E-state index in [4.69, 9.17) is 4.74 Å². The van der Waals surface area contributed by atoms with Gasteiger partial charge in [-0.05, 0) is 13.8 Å². The number of rotatable bonds is 3. The number of nitrogens with zero attached hydrogens (tertiary/aromatic N) is 1. The second kappa shape index (κ2) is 6.12. The number of hydrogen-bond acceptors (Lipinski definition) is 3. The highest BCUT2D eigenvalue weighted by Crippen LogP contribution is 2.37. The molecule has 122 valence electrons. The summed E-state index contributed by atoms with van der Waals surface area (Å²) in [6, 6.07) is -1.87. The molecule has 1 fully saturated rings. The van der Waals surface area contributed by atoms with Gasteiger partial charge in [-0.3, -0.25) is 9.59 Å². The summed E-state index contributed by atoms with van der Waals surface area (Å²) in [5.74, 6) is -8.82. The van der Waals surface area contributed by atoms with Gasteiger partial charge in [0.15, 0.2) is 0 Å². The smallest absolute Gasteiger partial charge is 0.377 e. The summed E-state index contributed by atoms with van der Waals surface area (Å²) in [4.78, 5) is 23.5. The van der Waals surface area contributed by atoms with Crippen molar-refractivity contribution in [3.05, 3.63) is 0 Å². The van der Waals surface area contributed by atoms with Crippen molar-refractivity contribution in [2.24, 2.45) is 0 Å². The van der Waals surface area contributed by atoms with Gasteiger partial charge in [-0.15, -0.1) is 0 Å². The summed E-state index contributed by atoms with van der Waals surface area (Å²) in [6.07, 6.45) is -6.01. The molecule has 1 atom stereocenters. The average molecular weight is 318 g/mol. The van der Waals surface area contributed by atoms with Gasteiger partial charge in [0.2, 0.25) is 5.91 Å². The van der Waals surface area contributed by atoms with Gasteiger partial charge in [-0.1, -0.05) is 0 Å². The molecule has 1 N–H and O–H groups in total. The first-order valence-corrected chi connectivity index (χ1v) is 6.12. The van der Waals surface area contributed by atoms with Crippen molar-refractivity contribution in [1.82, 2.24) is 10.2 Å². The monoisotopic (exact) mass is 318 g/mol. The van der Waals surface area contributed by atoms with Crippen LogP contribution in [-0.2, 0) is 14.3 Å². The Morgan fingerprint density at radius 3 is 2.29 bits per heavy atom.